The molecule has 0 spiro atoms. The topological polar surface area (TPSA) is 81.5 Å². The molecule has 0 aliphatic carbocycles. The van der Waals surface area contributed by atoms with Crippen LogP contribution in [0.4, 0.5) is 5.82 Å². The van der Waals surface area contributed by atoms with Gasteiger partial charge in [0, 0.05) is 7.05 Å². The lowest BCUT2D eigenvalue weighted by molar-refractivity contribution is 0.0521. The molecule has 2 heterocycles. The highest BCUT2D eigenvalue weighted by Gasteiger charge is 2.40. The van der Waals surface area contributed by atoms with Crippen LogP contribution in [0.5, 0.6) is 0 Å². The quantitative estimate of drug-likeness (QED) is 0.632. The monoisotopic (exact) mass is 299 g/mol. The number of ether oxygens (including phenoxy) is 1. The van der Waals surface area contributed by atoms with Crippen LogP contribution >= 0.6 is 0 Å². The number of benzene rings is 1. The molecule has 1 aliphatic heterocycles. The van der Waals surface area contributed by atoms with Gasteiger partial charge in [-0.05, 0) is 19.1 Å². The van der Waals surface area contributed by atoms with E-state index in [1.54, 1.807) is 38.2 Å². The third kappa shape index (κ3) is 1.90. The zero-order chi connectivity index (χ0) is 15.9. The van der Waals surface area contributed by atoms with E-state index in [4.69, 9.17) is 4.74 Å². The molecule has 0 fully saturated rings. The summed E-state index contributed by atoms with van der Waals surface area (Å²) in [7, 11) is 1.61. The van der Waals surface area contributed by atoms with Gasteiger partial charge >= 0.3 is 5.97 Å². The molecule has 1 aliphatic rings. The summed E-state index contributed by atoms with van der Waals surface area (Å²) < 4.78 is 6.38. The molecule has 1 aromatic carbocycles. The van der Waals surface area contributed by atoms with Crippen molar-refractivity contribution in [1.29, 1.82) is 0 Å². The van der Waals surface area contributed by atoms with Crippen molar-refractivity contribution in [3.05, 3.63) is 47.4 Å². The number of nitrogens with zero attached hydrogens (tertiary/aromatic N) is 3. The SMILES string of the molecule is CCOC(=O)c1ncn(C)c1N1C(=O)c2ccccc2C1=O. The standard InChI is InChI=1S/C15H13N3O4/c1-3-22-15(21)11-12(17(2)8-16-11)18-13(19)9-6-4-5-7-10(9)14(18)20/h4-8H,3H2,1-2H3. The fourth-order valence-electron chi connectivity index (χ4n) is 2.41. The van der Waals surface area contributed by atoms with Gasteiger partial charge in [-0.3, -0.25) is 9.59 Å². The van der Waals surface area contributed by atoms with Crippen LogP contribution in [0.3, 0.4) is 0 Å². The van der Waals surface area contributed by atoms with Crippen LogP contribution in [0.25, 0.3) is 0 Å². The van der Waals surface area contributed by atoms with Gasteiger partial charge in [0.1, 0.15) is 0 Å². The average molecular weight is 299 g/mol. The van der Waals surface area contributed by atoms with Crippen molar-refractivity contribution in [1.82, 2.24) is 9.55 Å². The van der Waals surface area contributed by atoms with Gasteiger partial charge in [-0.1, -0.05) is 12.1 Å². The summed E-state index contributed by atoms with van der Waals surface area (Å²) in [5.41, 5.74) is 0.561. The molecule has 112 valence electrons. The highest BCUT2D eigenvalue weighted by molar-refractivity contribution is 6.34. The molecule has 0 saturated heterocycles. The molecule has 1 aromatic heterocycles. The van der Waals surface area contributed by atoms with Gasteiger partial charge in [-0.2, -0.15) is 0 Å². The number of aryl methyl sites for hydroxylation is 1. The maximum absolute atomic E-state index is 12.5. The normalized spacial score (nSPS) is 13.5. The van der Waals surface area contributed by atoms with Crippen LogP contribution in [-0.2, 0) is 11.8 Å². The van der Waals surface area contributed by atoms with Crippen LogP contribution in [0.2, 0.25) is 0 Å². The molecule has 0 N–H and O–H groups in total. The summed E-state index contributed by atoms with van der Waals surface area (Å²) in [6.45, 7) is 1.85. The molecule has 3 rings (SSSR count). The molecule has 7 nitrogen and oxygen atoms in total. The number of imide groups is 1. The molecule has 0 atom stereocenters. The number of esters is 1. The molecule has 0 unspecified atom stereocenters. The Balaban J connectivity index is 2.11. The van der Waals surface area contributed by atoms with E-state index in [1.165, 1.54) is 10.9 Å². The molecule has 0 bridgehead atoms. The third-order valence-electron chi connectivity index (χ3n) is 3.38. The second-order valence-electron chi connectivity index (χ2n) is 4.74. The van der Waals surface area contributed by atoms with E-state index in [9.17, 15) is 14.4 Å². The summed E-state index contributed by atoms with van der Waals surface area (Å²) in [5, 5.41) is 0. The number of hydrogen-bond donors (Lipinski definition) is 0. The summed E-state index contributed by atoms with van der Waals surface area (Å²) >= 11 is 0. The second kappa shape index (κ2) is 5.10. The van der Waals surface area contributed by atoms with Crippen LogP contribution in [-0.4, -0.2) is 33.9 Å². The van der Waals surface area contributed by atoms with Crippen molar-refractivity contribution in [2.45, 2.75) is 6.92 Å². The fraction of sp³-hybridized carbons (Fsp3) is 0.200. The van der Waals surface area contributed by atoms with Gasteiger partial charge in [0.2, 0.25) is 0 Å². The highest BCUT2D eigenvalue weighted by Crippen LogP contribution is 2.30. The predicted molar refractivity (Wildman–Crippen MR) is 76.7 cm³/mol. The van der Waals surface area contributed by atoms with Crippen molar-refractivity contribution in [2.24, 2.45) is 7.05 Å². The van der Waals surface area contributed by atoms with Gasteiger partial charge in [-0.25, -0.2) is 14.7 Å². The van der Waals surface area contributed by atoms with E-state index in [0.29, 0.717) is 11.1 Å². The Morgan fingerprint density at radius 3 is 2.32 bits per heavy atom. The van der Waals surface area contributed by atoms with Crippen molar-refractivity contribution >= 4 is 23.6 Å². The minimum absolute atomic E-state index is 0.0566. The molecular weight excluding hydrogens is 286 g/mol. The van der Waals surface area contributed by atoms with E-state index >= 15 is 0 Å². The van der Waals surface area contributed by atoms with Crippen LogP contribution in [0, 0.1) is 0 Å². The minimum atomic E-state index is -0.672. The van der Waals surface area contributed by atoms with Crippen LogP contribution in [0.15, 0.2) is 30.6 Å². The summed E-state index contributed by atoms with van der Waals surface area (Å²) in [6, 6.07) is 6.53. The van der Waals surface area contributed by atoms with Crippen molar-refractivity contribution < 1.29 is 19.1 Å². The molecule has 0 radical (unpaired) electrons. The van der Waals surface area contributed by atoms with Crippen LogP contribution in [0.1, 0.15) is 38.1 Å². The lowest BCUT2D eigenvalue weighted by Gasteiger charge is -2.15. The number of rotatable bonds is 3. The number of carbonyl (C=O) groups excluding carboxylic acids is 3. The molecule has 7 heteroatoms. The molecular formula is C15H13N3O4. The van der Waals surface area contributed by atoms with Crippen molar-refractivity contribution in [3.8, 4) is 0 Å². The number of carbonyl (C=O) groups is 3. The smallest absolute Gasteiger partial charge is 0.360 e. The maximum atomic E-state index is 12.5. The Labute approximate surface area is 126 Å². The van der Waals surface area contributed by atoms with Gasteiger partial charge in [0.05, 0.1) is 24.1 Å². The largest absolute Gasteiger partial charge is 0.461 e. The van der Waals surface area contributed by atoms with Gasteiger partial charge in [0.25, 0.3) is 11.8 Å². The number of anilines is 1. The third-order valence-corrected chi connectivity index (χ3v) is 3.38. The molecule has 2 aromatic rings. The van der Waals surface area contributed by atoms with Crippen LogP contribution < -0.4 is 4.90 Å². The fourth-order valence-corrected chi connectivity index (χ4v) is 2.41. The number of hydrogen-bond acceptors (Lipinski definition) is 5. The Morgan fingerprint density at radius 1 is 1.18 bits per heavy atom. The first kappa shape index (κ1) is 14.0. The summed E-state index contributed by atoms with van der Waals surface area (Å²) in [6.07, 6.45) is 1.37. The Bertz CT molecular complexity index is 759. The number of aromatic nitrogens is 2. The van der Waals surface area contributed by atoms with Gasteiger partial charge in [0.15, 0.2) is 11.5 Å². The van der Waals surface area contributed by atoms with E-state index in [-0.39, 0.29) is 18.1 Å². The van der Waals surface area contributed by atoms with Crippen molar-refractivity contribution in [2.75, 3.05) is 11.5 Å². The van der Waals surface area contributed by atoms with E-state index < -0.39 is 17.8 Å². The number of fused-ring (bicyclic) bond motifs is 1. The Morgan fingerprint density at radius 2 is 1.77 bits per heavy atom. The van der Waals surface area contributed by atoms with Gasteiger partial charge < -0.3 is 9.30 Å². The second-order valence-corrected chi connectivity index (χ2v) is 4.74. The lowest BCUT2D eigenvalue weighted by atomic mass is 10.1. The Hall–Kier alpha value is -2.96. The van der Waals surface area contributed by atoms with E-state index in [2.05, 4.69) is 4.98 Å². The number of amides is 2. The average Bonchev–Trinajstić information content (AvgIpc) is 2.99. The van der Waals surface area contributed by atoms with E-state index in [0.717, 1.165) is 4.90 Å². The first-order chi connectivity index (χ1) is 10.6. The predicted octanol–water partition coefficient (Wildman–Crippen LogP) is 1.40. The maximum Gasteiger partial charge on any atom is 0.360 e. The number of imidazole rings is 1. The van der Waals surface area contributed by atoms with Gasteiger partial charge in [-0.15, -0.1) is 0 Å². The van der Waals surface area contributed by atoms with E-state index in [1.807, 2.05) is 0 Å². The summed E-state index contributed by atoms with van der Waals surface area (Å²) in [4.78, 5) is 41.9. The summed E-state index contributed by atoms with van der Waals surface area (Å²) in [5.74, 6) is -1.51. The molecule has 22 heavy (non-hydrogen) atoms. The van der Waals surface area contributed by atoms with Crippen molar-refractivity contribution in [3.63, 3.8) is 0 Å². The Kier molecular flexibility index (Phi) is 3.25. The first-order valence-corrected chi connectivity index (χ1v) is 6.72. The zero-order valence-corrected chi connectivity index (χ0v) is 12.1. The lowest BCUT2D eigenvalue weighted by Crippen LogP contribution is -2.32. The zero-order valence-electron chi connectivity index (χ0n) is 12.1. The first-order valence-electron chi connectivity index (χ1n) is 6.72. The highest BCUT2D eigenvalue weighted by atomic mass is 16.5. The molecule has 0 saturated carbocycles. The minimum Gasteiger partial charge on any atom is -0.461 e. The molecule has 2 amide bonds.